The highest BCUT2D eigenvalue weighted by Crippen LogP contribution is 2.36. The molecule has 1 aromatic heterocycles. The Morgan fingerprint density at radius 2 is 1.94 bits per heavy atom. The van der Waals surface area contributed by atoms with E-state index in [-0.39, 0.29) is 24.7 Å². The number of nitrogens with one attached hydrogen (secondary N) is 2. The number of aromatic amines is 1. The van der Waals surface area contributed by atoms with Gasteiger partial charge < -0.3 is 9.47 Å². The van der Waals surface area contributed by atoms with Crippen molar-refractivity contribution in [2.45, 2.75) is 51.7 Å². The summed E-state index contributed by atoms with van der Waals surface area (Å²) in [4.78, 5) is 24.4. The lowest BCUT2D eigenvalue weighted by molar-refractivity contribution is -0.0135. The Morgan fingerprint density at radius 3 is 2.65 bits per heavy atom. The summed E-state index contributed by atoms with van der Waals surface area (Å²) >= 11 is 0. The molecule has 1 saturated carbocycles. The number of amides is 2. The van der Waals surface area contributed by atoms with Crippen molar-refractivity contribution in [3.63, 3.8) is 0 Å². The third-order valence-electron chi connectivity index (χ3n) is 5.55. The largest absolute Gasteiger partial charge is 0.445 e. The number of hydrogen-bond donors (Lipinski definition) is 2. The molecule has 3 rings (SSSR count). The first-order valence-corrected chi connectivity index (χ1v) is 10.7. The average Bonchev–Trinajstić information content (AvgIpc) is 3.43. The van der Waals surface area contributed by atoms with Crippen LogP contribution in [0.5, 0.6) is 0 Å². The van der Waals surface area contributed by atoms with Crippen molar-refractivity contribution in [2.75, 3.05) is 25.5 Å². The van der Waals surface area contributed by atoms with Crippen LogP contribution in [-0.2, 0) is 16.1 Å². The van der Waals surface area contributed by atoms with Gasteiger partial charge in [0.15, 0.2) is 5.82 Å². The molecule has 2 aromatic rings. The number of anilines is 1. The number of benzene rings is 1. The lowest BCUT2D eigenvalue weighted by Crippen LogP contribution is -2.44. The van der Waals surface area contributed by atoms with Crippen LogP contribution in [0.3, 0.4) is 0 Å². The molecular weight excluding hydrogens is 398 g/mol. The van der Waals surface area contributed by atoms with E-state index in [0.717, 1.165) is 43.6 Å². The average molecular weight is 430 g/mol. The second-order valence-electron chi connectivity index (χ2n) is 7.57. The number of carbonyl (C=O) groups excluding carboxylic acids is 2. The fourth-order valence-corrected chi connectivity index (χ4v) is 3.79. The van der Waals surface area contributed by atoms with E-state index < -0.39 is 6.09 Å². The van der Waals surface area contributed by atoms with E-state index in [1.54, 1.807) is 13.1 Å². The summed E-state index contributed by atoms with van der Waals surface area (Å²) in [5, 5.41) is 13.2. The number of nitrogens with zero attached hydrogens (tertiary/aromatic N) is 3. The normalized spacial score (nSPS) is 18.1. The van der Waals surface area contributed by atoms with Gasteiger partial charge in [-0.15, -0.1) is 0 Å². The highest BCUT2D eigenvalue weighted by molar-refractivity contribution is 5.83. The van der Waals surface area contributed by atoms with Crippen molar-refractivity contribution >= 4 is 18.0 Å². The number of hydrazine groups is 1. The van der Waals surface area contributed by atoms with Gasteiger partial charge in [-0.2, -0.15) is 5.10 Å². The molecule has 0 spiro atoms. The van der Waals surface area contributed by atoms with Crippen LogP contribution in [0.4, 0.5) is 15.4 Å². The van der Waals surface area contributed by atoms with E-state index in [1.165, 1.54) is 5.01 Å². The molecular formula is C22H31N5O4. The highest BCUT2D eigenvalue weighted by atomic mass is 16.6. The summed E-state index contributed by atoms with van der Waals surface area (Å²) in [5.74, 6) is 0.606. The Hall–Kier alpha value is -3.07. The second-order valence-corrected chi connectivity index (χ2v) is 7.57. The van der Waals surface area contributed by atoms with Crippen LogP contribution in [0.25, 0.3) is 0 Å². The van der Waals surface area contributed by atoms with Crippen LogP contribution in [0.15, 0.2) is 36.4 Å². The SMILES string of the molecule is CCN(CC)N(C)C(=O)O[C@@H]1CC[C@H](c2cc(NC(=O)OCc3ccccc3)n[nH]2)C1. The Kier molecular flexibility index (Phi) is 7.88. The molecule has 9 nitrogen and oxygen atoms in total. The van der Waals surface area contributed by atoms with Crippen molar-refractivity contribution in [2.24, 2.45) is 0 Å². The molecule has 1 aromatic carbocycles. The molecule has 0 radical (unpaired) electrons. The molecule has 0 aliphatic heterocycles. The third kappa shape index (κ3) is 6.21. The molecule has 1 aliphatic carbocycles. The van der Waals surface area contributed by atoms with Gasteiger partial charge in [-0.1, -0.05) is 44.2 Å². The smallest absolute Gasteiger partial charge is 0.424 e. The molecule has 168 valence electrons. The van der Waals surface area contributed by atoms with Gasteiger partial charge in [-0.25, -0.2) is 19.6 Å². The van der Waals surface area contributed by atoms with Crippen molar-refractivity contribution in [1.82, 2.24) is 20.2 Å². The Morgan fingerprint density at radius 1 is 1.19 bits per heavy atom. The minimum atomic E-state index is -0.556. The summed E-state index contributed by atoms with van der Waals surface area (Å²) < 4.78 is 10.9. The Bertz CT molecular complexity index is 853. The van der Waals surface area contributed by atoms with Crippen LogP contribution in [0, 0.1) is 0 Å². The minimum Gasteiger partial charge on any atom is -0.445 e. The molecule has 1 fully saturated rings. The number of ether oxygens (including phenoxy) is 2. The van der Waals surface area contributed by atoms with E-state index in [2.05, 4.69) is 15.5 Å². The van der Waals surface area contributed by atoms with Gasteiger partial charge in [0.05, 0.1) is 0 Å². The van der Waals surface area contributed by atoms with Gasteiger partial charge >= 0.3 is 12.2 Å². The van der Waals surface area contributed by atoms with Crippen LogP contribution in [0.2, 0.25) is 0 Å². The predicted octanol–water partition coefficient (Wildman–Crippen LogP) is 4.12. The maximum absolute atomic E-state index is 12.4. The summed E-state index contributed by atoms with van der Waals surface area (Å²) in [6.45, 7) is 5.68. The van der Waals surface area contributed by atoms with Crippen LogP contribution in [0.1, 0.15) is 50.3 Å². The first kappa shape index (κ1) is 22.6. The van der Waals surface area contributed by atoms with E-state index in [4.69, 9.17) is 9.47 Å². The quantitative estimate of drug-likeness (QED) is 0.613. The molecule has 2 atom stereocenters. The number of hydrogen-bond acceptors (Lipinski definition) is 6. The predicted molar refractivity (Wildman–Crippen MR) is 116 cm³/mol. The summed E-state index contributed by atoms with van der Waals surface area (Å²) in [6, 6.07) is 11.3. The molecule has 9 heteroatoms. The first-order chi connectivity index (χ1) is 15.0. The van der Waals surface area contributed by atoms with Gasteiger partial charge in [-0.05, 0) is 24.8 Å². The van der Waals surface area contributed by atoms with Crippen molar-refractivity contribution in [1.29, 1.82) is 0 Å². The zero-order valence-corrected chi connectivity index (χ0v) is 18.3. The Balaban J connectivity index is 1.46. The van der Waals surface area contributed by atoms with Gasteiger partial charge in [0, 0.05) is 37.8 Å². The maximum atomic E-state index is 12.4. The lowest BCUT2D eigenvalue weighted by Gasteiger charge is -2.30. The zero-order valence-electron chi connectivity index (χ0n) is 18.3. The van der Waals surface area contributed by atoms with Gasteiger partial charge in [-0.3, -0.25) is 10.4 Å². The van der Waals surface area contributed by atoms with Gasteiger partial charge in [0.25, 0.3) is 0 Å². The van der Waals surface area contributed by atoms with Crippen LogP contribution >= 0.6 is 0 Å². The topological polar surface area (TPSA) is 99.8 Å². The fourth-order valence-electron chi connectivity index (χ4n) is 3.79. The van der Waals surface area contributed by atoms with E-state index in [0.29, 0.717) is 5.82 Å². The number of H-pyrrole nitrogens is 1. The molecule has 0 saturated heterocycles. The highest BCUT2D eigenvalue weighted by Gasteiger charge is 2.31. The molecule has 1 aliphatic rings. The number of rotatable bonds is 8. The number of aromatic nitrogens is 2. The van der Waals surface area contributed by atoms with Crippen molar-refractivity contribution in [3.8, 4) is 0 Å². The van der Waals surface area contributed by atoms with Crippen LogP contribution in [-0.4, -0.2) is 58.6 Å². The third-order valence-corrected chi connectivity index (χ3v) is 5.55. The maximum Gasteiger partial charge on any atom is 0.424 e. The van der Waals surface area contributed by atoms with Crippen molar-refractivity contribution in [3.05, 3.63) is 47.7 Å². The Labute approximate surface area is 182 Å². The second kappa shape index (κ2) is 10.8. The monoisotopic (exact) mass is 429 g/mol. The molecule has 2 N–H and O–H groups in total. The van der Waals surface area contributed by atoms with E-state index in [1.807, 2.05) is 49.2 Å². The molecule has 31 heavy (non-hydrogen) atoms. The standard InChI is InChI=1S/C22H31N5O4/c1-4-27(5-2)26(3)22(29)31-18-12-11-17(13-18)19-14-20(25-24-19)23-21(28)30-15-16-9-7-6-8-10-16/h6-10,14,17-18H,4-5,11-13,15H2,1-3H3,(H2,23,24,25,28)/t17-,18+/m0/s1. The molecule has 2 amide bonds. The van der Waals surface area contributed by atoms with Gasteiger partial charge in [0.2, 0.25) is 0 Å². The fraction of sp³-hybridized carbons (Fsp3) is 0.500. The molecule has 0 bridgehead atoms. The number of carbonyl (C=O) groups is 2. The van der Waals surface area contributed by atoms with E-state index in [9.17, 15) is 9.59 Å². The first-order valence-electron chi connectivity index (χ1n) is 10.7. The summed E-state index contributed by atoms with van der Waals surface area (Å²) in [7, 11) is 1.73. The summed E-state index contributed by atoms with van der Waals surface area (Å²) in [5.41, 5.74) is 1.83. The molecule has 1 heterocycles. The van der Waals surface area contributed by atoms with E-state index >= 15 is 0 Å². The van der Waals surface area contributed by atoms with Gasteiger partial charge in [0.1, 0.15) is 12.7 Å². The summed E-state index contributed by atoms with van der Waals surface area (Å²) in [6.07, 6.45) is 1.38. The van der Waals surface area contributed by atoms with Crippen molar-refractivity contribution < 1.29 is 19.1 Å². The lowest BCUT2D eigenvalue weighted by atomic mass is 10.0. The molecule has 0 unspecified atom stereocenters. The van der Waals surface area contributed by atoms with Crippen LogP contribution < -0.4 is 5.32 Å². The zero-order chi connectivity index (χ0) is 22.2. The minimum absolute atomic E-state index is 0.133.